The lowest BCUT2D eigenvalue weighted by Gasteiger charge is -2.37. The van der Waals surface area contributed by atoms with Crippen LogP contribution in [0.3, 0.4) is 0 Å². The fourth-order valence-electron chi connectivity index (χ4n) is 3.58. The Balaban J connectivity index is 1.55. The summed E-state index contributed by atoms with van der Waals surface area (Å²) in [5.74, 6) is -0.00372. The number of piperazine rings is 1. The maximum Gasteiger partial charge on any atom is 0.243 e. The first kappa shape index (κ1) is 16.4. The number of hydrogen-bond acceptors (Lipinski definition) is 4. The Morgan fingerprint density at radius 1 is 1.12 bits per heavy atom. The Morgan fingerprint density at radius 3 is 2.38 bits per heavy atom. The van der Waals surface area contributed by atoms with Crippen molar-refractivity contribution in [2.24, 2.45) is 5.41 Å². The highest BCUT2D eigenvalue weighted by molar-refractivity contribution is 5.86. The van der Waals surface area contributed by atoms with E-state index in [9.17, 15) is 14.9 Å². The van der Waals surface area contributed by atoms with Crippen molar-refractivity contribution in [3.63, 3.8) is 0 Å². The van der Waals surface area contributed by atoms with E-state index in [1.165, 1.54) is 0 Å². The van der Waals surface area contributed by atoms with E-state index in [2.05, 4.69) is 11.1 Å². The second-order valence-electron chi connectivity index (χ2n) is 6.57. The van der Waals surface area contributed by atoms with Crippen molar-refractivity contribution in [3.8, 4) is 6.07 Å². The average Bonchev–Trinajstić information content (AvgIpc) is 3.12. The molecule has 2 aliphatic rings. The summed E-state index contributed by atoms with van der Waals surface area (Å²) in [6.45, 7) is 2.07. The van der Waals surface area contributed by atoms with Gasteiger partial charge in [-0.25, -0.2) is 0 Å². The van der Waals surface area contributed by atoms with Gasteiger partial charge in [-0.3, -0.25) is 14.6 Å². The molecule has 2 heterocycles. The predicted octanol–water partition coefficient (Wildman–Crippen LogP) is 1.38. The maximum absolute atomic E-state index is 12.7. The zero-order valence-corrected chi connectivity index (χ0v) is 13.8. The van der Waals surface area contributed by atoms with E-state index in [1.54, 1.807) is 16.0 Å². The number of pyridine rings is 1. The number of amides is 2. The molecule has 0 N–H and O–H groups in total. The molecule has 2 fully saturated rings. The zero-order chi connectivity index (χ0) is 17.0. The summed E-state index contributed by atoms with van der Waals surface area (Å²) in [5.41, 5.74) is -0.0597. The molecule has 0 bridgehead atoms. The lowest BCUT2D eigenvalue weighted by molar-refractivity contribution is -0.144. The molecule has 6 nitrogen and oxygen atoms in total. The topological polar surface area (TPSA) is 77.3 Å². The van der Waals surface area contributed by atoms with Gasteiger partial charge in [-0.05, 0) is 25.0 Å². The molecule has 6 heteroatoms. The van der Waals surface area contributed by atoms with Crippen LogP contribution in [0.1, 0.15) is 31.4 Å². The van der Waals surface area contributed by atoms with Gasteiger partial charge < -0.3 is 9.80 Å². The Kier molecular flexibility index (Phi) is 4.79. The number of hydrogen-bond donors (Lipinski definition) is 0. The van der Waals surface area contributed by atoms with Gasteiger partial charge >= 0.3 is 0 Å². The van der Waals surface area contributed by atoms with Crippen LogP contribution in [0, 0.1) is 16.7 Å². The van der Waals surface area contributed by atoms with Crippen LogP contribution in [-0.2, 0) is 16.0 Å². The van der Waals surface area contributed by atoms with Crippen molar-refractivity contribution < 1.29 is 9.59 Å². The second kappa shape index (κ2) is 7.00. The summed E-state index contributed by atoms with van der Waals surface area (Å²) >= 11 is 0. The molecule has 0 spiro atoms. The molecule has 1 aromatic rings. The lowest BCUT2D eigenvalue weighted by atomic mass is 9.86. The average molecular weight is 326 g/mol. The van der Waals surface area contributed by atoms with Crippen LogP contribution >= 0.6 is 0 Å². The molecule has 0 aromatic carbocycles. The number of nitriles is 1. The molecule has 1 aromatic heterocycles. The van der Waals surface area contributed by atoms with Gasteiger partial charge in [0.1, 0.15) is 5.41 Å². The van der Waals surface area contributed by atoms with Crippen molar-refractivity contribution in [1.82, 2.24) is 14.8 Å². The van der Waals surface area contributed by atoms with E-state index in [0.717, 1.165) is 18.5 Å². The third-order valence-electron chi connectivity index (χ3n) is 5.06. The second-order valence-corrected chi connectivity index (χ2v) is 6.57. The van der Waals surface area contributed by atoms with E-state index < -0.39 is 5.41 Å². The summed E-state index contributed by atoms with van der Waals surface area (Å²) in [6.07, 6.45) is 5.20. The van der Waals surface area contributed by atoms with Crippen molar-refractivity contribution >= 4 is 11.8 Å². The fraction of sp³-hybridized carbons (Fsp3) is 0.556. The van der Waals surface area contributed by atoms with Crippen LogP contribution in [0.15, 0.2) is 24.4 Å². The Morgan fingerprint density at radius 2 is 1.79 bits per heavy atom. The first-order chi connectivity index (χ1) is 11.6. The van der Waals surface area contributed by atoms with Gasteiger partial charge in [0, 0.05) is 38.1 Å². The molecule has 0 radical (unpaired) electrons. The highest BCUT2D eigenvalue weighted by Gasteiger charge is 2.44. The van der Waals surface area contributed by atoms with Crippen molar-refractivity contribution in [2.75, 3.05) is 26.2 Å². The maximum atomic E-state index is 12.7. The predicted molar refractivity (Wildman–Crippen MR) is 87.6 cm³/mol. The van der Waals surface area contributed by atoms with Crippen molar-refractivity contribution in [3.05, 3.63) is 30.1 Å². The highest BCUT2D eigenvalue weighted by Crippen LogP contribution is 2.39. The molecular weight excluding hydrogens is 304 g/mol. The van der Waals surface area contributed by atoms with Crippen molar-refractivity contribution in [1.29, 1.82) is 5.26 Å². The number of rotatable bonds is 3. The Hall–Kier alpha value is -2.42. The summed E-state index contributed by atoms with van der Waals surface area (Å²) in [4.78, 5) is 32.8. The molecule has 0 unspecified atom stereocenters. The van der Waals surface area contributed by atoms with Gasteiger partial charge in [0.25, 0.3) is 0 Å². The fourth-order valence-corrected chi connectivity index (χ4v) is 3.58. The first-order valence-electron chi connectivity index (χ1n) is 8.53. The molecule has 1 aliphatic carbocycles. The van der Waals surface area contributed by atoms with Gasteiger partial charge in [-0.2, -0.15) is 5.26 Å². The minimum atomic E-state index is -0.819. The number of nitrogens with zero attached hydrogens (tertiary/aromatic N) is 4. The van der Waals surface area contributed by atoms with Gasteiger partial charge in [-0.1, -0.05) is 18.9 Å². The Bertz CT molecular complexity index is 639. The van der Waals surface area contributed by atoms with Crippen LogP contribution in [0.4, 0.5) is 0 Å². The van der Waals surface area contributed by atoms with Gasteiger partial charge in [0.15, 0.2) is 0 Å². The summed E-state index contributed by atoms with van der Waals surface area (Å²) < 4.78 is 0. The van der Waals surface area contributed by atoms with E-state index >= 15 is 0 Å². The highest BCUT2D eigenvalue weighted by atomic mass is 16.2. The van der Waals surface area contributed by atoms with Crippen LogP contribution in [0.5, 0.6) is 0 Å². The minimum Gasteiger partial charge on any atom is -0.339 e. The molecule has 2 amide bonds. The lowest BCUT2D eigenvalue weighted by Crippen LogP contribution is -2.54. The number of carbonyl (C=O) groups excluding carboxylic acids is 2. The SMILES string of the molecule is N#CC1(C(=O)N2CCN(C(=O)Cc3ccccn3)CC2)CCCC1. The summed E-state index contributed by atoms with van der Waals surface area (Å²) in [7, 11) is 0. The third kappa shape index (κ3) is 3.25. The monoisotopic (exact) mass is 326 g/mol. The first-order valence-corrected chi connectivity index (χ1v) is 8.53. The standard InChI is InChI=1S/C18H22N4O2/c19-14-18(6-2-3-7-18)17(24)22-11-9-21(10-12-22)16(23)13-15-5-1-4-8-20-15/h1,4-5,8H,2-3,6-7,9-13H2. The molecular formula is C18H22N4O2. The summed E-state index contributed by atoms with van der Waals surface area (Å²) in [6, 6.07) is 7.80. The Labute approximate surface area is 142 Å². The minimum absolute atomic E-state index is 0.0386. The van der Waals surface area contributed by atoms with Crippen molar-refractivity contribution in [2.45, 2.75) is 32.1 Å². The molecule has 1 aliphatic heterocycles. The molecule has 1 saturated carbocycles. The molecule has 126 valence electrons. The summed E-state index contributed by atoms with van der Waals surface area (Å²) in [5, 5.41) is 9.45. The largest absolute Gasteiger partial charge is 0.339 e. The van der Waals surface area contributed by atoms with E-state index in [-0.39, 0.29) is 18.2 Å². The normalized spacial score (nSPS) is 19.8. The number of carbonyl (C=O) groups is 2. The smallest absolute Gasteiger partial charge is 0.243 e. The molecule has 1 saturated heterocycles. The zero-order valence-electron chi connectivity index (χ0n) is 13.8. The molecule has 3 rings (SSSR count). The van der Waals surface area contributed by atoms with Crippen LogP contribution in [-0.4, -0.2) is 52.8 Å². The third-order valence-corrected chi connectivity index (χ3v) is 5.06. The molecule has 0 atom stereocenters. The molecule has 24 heavy (non-hydrogen) atoms. The number of aromatic nitrogens is 1. The van der Waals surface area contributed by atoms with Gasteiger partial charge in [0.2, 0.25) is 11.8 Å². The van der Waals surface area contributed by atoms with E-state index in [0.29, 0.717) is 39.0 Å². The quantitative estimate of drug-likeness (QED) is 0.841. The van der Waals surface area contributed by atoms with Gasteiger partial charge in [-0.15, -0.1) is 0 Å². The van der Waals surface area contributed by atoms with E-state index in [1.807, 2.05) is 18.2 Å². The van der Waals surface area contributed by atoms with Crippen LogP contribution < -0.4 is 0 Å². The van der Waals surface area contributed by atoms with E-state index in [4.69, 9.17) is 0 Å². The van der Waals surface area contributed by atoms with Crippen LogP contribution in [0.25, 0.3) is 0 Å². The van der Waals surface area contributed by atoms with Gasteiger partial charge in [0.05, 0.1) is 12.5 Å². The van der Waals surface area contributed by atoms with Crippen LogP contribution in [0.2, 0.25) is 0 Å².